The molecule has 1 aromatic carbocycles. The van der Waals surface area contributed by atoms with Gasteiger partial charge in [0.15, 0.2) is 0 Å². The van der Waals surface area contributed by atoms with Crippen molar-refractivity contribution in [2.75, 3.05) is 11.9 Å². The van der Waals surface area contributed by atoms with Crippen LogP contribution in [-0.4, -0.2) is 34.6 Å². The second-order valence-corrected chi connectivity index (χ2v) is 5.39. The monoisotopic (exact) mass is 307 g/mol. The summed E-state index contributed by atoms with van der Waals surface area (Å²) in [5, 5.41) is 20.8. The summed E-state index contributed by atoms with van der Waals surface area (Å²) >= 11 is 5.89. The summed E-state index contributed by atoms with van der Waals surface area (Å²) in [5.41, 5.74) is 0.737. The number of benzene rings is 1. The molecule has 21 heavy (non-hydrogen) atoms. The first kappa shape index (κ1) is 15.1. The maximum Gasteiger partial charge on any atom is 0.326 e. The van der Waals surface area contributed by atoms with Crippen molar-refractivity contribution in [3.05, 3.63) is 28.8 Å². The molecule has 0 aromatic heterocycles. The van der Waals surface area contributed by atoms with Gasteiger partial charge in [0, 0.05) is 12.2 Å². The van der Waals surface area contributed by atoms with Crippen LogP contribution in [0.5, 0.6) is 0 Å². The molecule has 110 valence electrons. The van der Waals surface area contributed by atoms with Gasteiger partial charge in [-0.05, 0) is 30.5 Å². The Morgan fingerprint density at radius 3 is 2.81 bits per heavy atom. The van der Waals surface area contributed by atoms with Crippen molar-refractivity contribution in [3.8, 4) is 6.07 Å². The first-order chi connectivity index (χ1) is 9.93. The molecule has 0 bridgehead atoms. The number of amides is 2. The number of aliphatic carboxylic acids is 1. The predicted molar refractivity (Wildman–Crippen MR) is 77.1 cm³/mol. The number of carboxylic acid groups (broad SMARTS) is 1. The molecule has 6 nitrogen and oxygen atoms in total. The average Bonchev–Trinajstić information content (AvgIpc) is 2.81. The molecule has 1 aromatic rings. The van der Waals surface area contributed by atoms with Crippen molar-refractivity contribution in [3.63, 3.8) is 0 Å². The molecule has 2 atom stereocenters. The number of nitriles is 1. The minimum absolute atomic E-state index is 0.0854. The highest BCUT2D eigenvalue weighted by Crippen LogP contribution is 2.26. The maximum atomic E-state index is 12.2. The van der Waals surface area contributed by atoms with Crippen LogP contribution >= 0.6 is 11.6 Å². The molecule has 1 saturated heterocycles. The lowest BCUT2D eigenvalue weighted by atomic mass is 10.0. The van der Waals surface area contributed by atoms with Crippen molar-refractivity contribution in [2.24, 2.45) is 5.92 Å². The molecule has 1 aliphatic rings. The molecule has 2 rings (SSSR count). The van der Waals surface area contributed by atoms with Crippen LogP contribution in [0.25, 0.3) is 0 Å². The lowest BCUT2D eigenvalue weighted by Gasteiger charge is -2.23. The number of rotatable bonds is 2. The summed E-state index contributed by atoms with van der Waals surface area (Å²) in [5.74, 6) is -1.09. The van der Waals surface area contributed by atoms with E-state index in [1.807, 2.05) is 13.0 Å². The number of carbonyl (C=O) groups is 2. The van der Waals surface area contributed by atoms with Crippen LogP contribution in [0, 0.1) is 17.2 Å². The van der Waals surface area contributed by atoms with Gasteiger partial charge in [-0.25, -0.2) is 9.59 Å². The van der Waals surface area contributed by atoms with Crippen LogP contribution in [0.3, 0.4) is 0 Å². The smallest absolute Gasteiger partial charge is 0.326 e. The number of urea groups is 1. The maximum absolute atomic E-state index is 12.2. The summed E-state index contributed by atoms with van der Waals surface area (Å²) in [6.07, 6.45) is 0.651. The number of nitrogens with one attached hydrogen (secondary N) is 1. The summed E-state index contributed by atoms with van der Waals surface area (Å²) in [6, 6.07) is 5.14. The predicted octanol–water partition coefficient (Wildman–Crippen LogP) is 2.54. The number of hydrogen-bond donors (Lipinski definition) is 2. The zero-order chi connectivity index (χ0) is 15.6. The van der Waals surface area contributed by atoms with E-state index in [2.05, 4.69) is 5.32 Å². The Morgan fingerprint density at radius 1 is 1.52 bits per heavy atom. The highest BCUT2D eigenvalue weighted by atomic mass is 35.5. The normalized spacial score (nSPS) is 20.9. The van der Waals surface area contributed by atoms with Gasteiger partial charge in [0.05, 0.1) is 10.6 Å². The van der Waals surface area contributed by atoms with E-state index in [0.717, 1.165) is 0 Å². The second kappa shape index (κ2) is 6.02. The Labute approximate surface area is 126 Å². The molecule has 2 unspecified atom stereocenters. The number of halogens is 1. The van der Waals surface area contributed by atoms with E-state index in [0.29, 0.717) is 24.2 Å². The molecule has 1 fully saturated rings. The number of hydrogen-bond acceptors (Lipinski definition) is 3. The largest absolute Gasteiger partial charge is 0.480 e. The summed E-state index contributed by atoms with van der Waals surface area (Å²) in [6.45, 7) is 2.21. The van der Waals surface area contributed by atoms with Gasteiger partial charge in [0.1, 0.15) is 12.1 Å². The molecule has 2 N–H and O–H groups in total. The SMILES string of the molecule is CC1CCN(C(=O)Nc2ccc(C#N)c(Cl)c2)C1C(=O)O. The fourth-order valence-electron chi connectivity index (χ4n) is 2.43. The van der Waals surface area contributed by atoms with Gasteiger partial charge in [-0.15, -0.1) is 0 Å². The van der Waals surface area contributed by atoms with Crippen LogP contribution in [0.1, 0.15) is 18.9 Å². The third-order valence-electron chi connectivity index (χ3n) is 3.55. The fraction of sp³-hybridized carbons (Fsp3) is 0.357. The van der Waals surface area contributed by atoms with Crippen molar-refractivity contribution in [2.45, 2.75) is 19.4 Å². The van der Waals surface area contributed by atoms with Gasteiger partial charge in [0.25, 0.3) is 0 Å². The minimum atomic E-state index is -1.01. The molecule has 0 saturated carbocycles. The van der Waals surface area contributed by atoms with Gasteiger partial charge >= 0.3 is 12.0 Å². The highest BCUT2D eigenvalue weighted by molar-refractivity contribution is 6.32. The van der Waals surface area contributed by atoms with Crippen molar-refractivity contribution >= 4 is 29.3 Å². The zero-order valence-corrected chi connectivity index (χ0v) is 12.1. The van der Waals surface area contributed by atoms with Crippen LogP contribution in [-0.2, 0) is 4.79 Å². The lowest BCUT2D eigenvalue weighted by molar-refractivity contribution is -0.142. The molecule has 0 aliphatic carbocycles. The van der Waals surface area contributed by atoms with Crippen LogP contribution in [0.4, 0.5) is 10.5 Å². The molecule has 2 amide bonds. The Kier molecular flexibility index (Phi) is 4.34. The van der Waals surface area contributed by atoms with E-state index in [9.17, 15) is 14.7 Å². The Hall–Kier alpha value is -2.26. The van der Waals surface area contributed by atoms with Gasteiger partial charge < -0.3 is 15.3 Å². The van der Waals surface area contributed by atoms with E-state index in [-0.39, 0.29) is 10.9 Å². The van der Waals surface area contributed by atoms with E-state index in [1.54, 1.807) is 6.07 Å². The molecule has 0 radical (unpaired) electrons. The van der Waals surface area contributed by atoms with E-state index in [1.165, 1.54) is 17.0 Å². The highest BCUT2D eigenvalue weighted by Gasteiger charge is 2.39. The average molecular weight is 308 g/mol. The summed E-state index contributed by atoms with van der Waals surface area (Å²) in [4.78, 5) is 24.7. The Morgan fingerprint density at radius 2 is 2.24 bits per heavy atom. The summed E-state index contributed by atoms with van der Waals surface area (Å²) in [7, 11) is 0. The van der Waals surface area contributed by atoms with Gasteiger partial charge in [-0.3, -0.25) is 0 Å². The number of carbonyl (C=O) groups excluding carboxylic acids is 1. The van der Waals surface area contributed by atoms with Gasteiger partial charge in [0.2, 0.25) is 0 Å². The third kappa shape index (κ3) is 3.09. The third-order valence-corrected chi connectivity index (χ3v) is 3.87. The van der Waals surface area contributed by atoms with E-state index >= 15 is 0 Å². The lowest BCUT2D eigenvalue weighted by Crippen LogP contribution is -2.44. The van der Waals surface area contributed by atoms with Crippen molar-refractivity contribution < 1.29 is 14.7 Å². The molecular formula is C14H14ClN3O3. The first-order valence-corrected chi connectivity index (χ1v) is 6.82. The molecule has 0 spiro atoms. The van der Waals surface area contributed by atoms with Crippen LogP contribution in [0.15, 0.2) is 18.2 Å². The Bertz CT molecular complexity index is 626. The quantitative estimate of drug-likeness (QED) is 0.878. The second-order valence-electron chi connectivity index (χ2n) is 4.98. The van der Waals surface area contributed by atoms with E-state index in [4.69, 9.17) is 16.9 Å². The fourth-order valence-corrected chi connectivity index (χ4v) is 2.65. The summed E-state index contributed by atoms with van der Waals surface area (Å²) < 4.78 is 0. The van der Waals surface area contributed by atoms with E-state index < -0.39 is 18.0 Å². The van der Waals surface area contributed by atoms with Crippen molar-refractivity contribution in [1.29, 1.82) is 5.26 Å². The van der Waals surface area contributed by atoms with Crippen LogP contribution < -0.4 is 5.32 Å². The van der Waals surface area contributed by atoms with Gasteiger partial charge in [-0.1, -0.05) is 18.5 Å². The standard InChI is InChI=1S/C14H14ClN3O3/c1-8-4-5-18(12(8)13(19)20)14(21)17-10-3-2-9(7-16)11(15)6-10/h2-3,6,8,12H,4-5H2,1H3,(H,17,21)(H,19,20). The number of anilines is 1. The Balaban J connectivity index is 2.13. The van der Waals surface area contributed by atoms with Crippen LogP contribution in [0.2, 0.25) is 5.02 Å². The minimum Gasteiger partial charge on any atom is -0.480 e. The molecular weight excluding hydrogens is 294 g/mol. The number of likely N-dealkylation sites (tertiary alicyclic amines) is 1. The molecule has 7 heteroatoms. The molecule has 1 aliphatic heterocycles. The first-order valence-electron chi connectivity index (χ1n) is 6.44. The zero-order valence-electron chi connectivity index (χ0n) is 11.3. The topological polar surface area (TPSA) is 93.4 Å². The number of nitrogens with zero attached hydrogens (tertiary/aromatic N) is 2. The van der Waals surface area contributed by atoms with Crippen molar-refractivity contribution in [1.82, 2.24) is 4.90 Å². The van der Waals surface area contributed by atoms with Gasteiger partial charge in [-0.2, -0.15) is 5.26 Å². The molecule has 1 heterocycles. The number of carboxylic acids is 1.